The van der Waals surface area contributed by atoms with Gasteiger partial charge in [0.05, 0.1) is 24.0 Å². The number of hydrogen-bond acceptors (Lipinski definition) is 6. The fourth-order valence-corrected chi connectivity index (χ4v) is 4.12. The molecule has 0 atom stereocenters. The number of H-pyrrole nitrogens is 1. The maximum absolute atomic E-state index is 12.0. The largest absolute Gasteiger partial charge is 0.496 e. The molecule has 0 saturated carbocycles. The number of nitrogens with zero attached hydrogens (tertiary/aromatic N) is 1. The first-order valence-corrected chi connectivity index (χ1v) is 9.99. The van der Waals surface area contributed by atoms with Crippen LogP contribution in [0, 0.1) is 6.92 Å². The molecule has 0 radical (unpaired) electrons. The van der Waals surface area contributed by atoms with Gasteiger partial charge in [-0.1, -0.05) is 18.2 Å². The van der Waals surface area contributed by atoms with E-state index in [4.69, 9.17) is 4.74 Å². The number of hydrogen-bond donors (Lipinski definition) is 2. The molecule has 3 aromatic rings. The lowest BCUT2D eigenvalue weighted by Crippen LogP contribution is -2.25. The SMILES string of the molecule is COc1ccccc1CNC(=O)CSCc1nc2sc(C)cc2c(=O)[nH]1. The van der Waals surface area contributed by atoms with Crippen LogP contribution in [0.15, 0.2) is 35.1 Å². The van der Waals surface area contributed by atoms with E-state index in [1.807, 2.05) is 37.3 Å². The number of para-hydroxylation sites is 1. The quantitative estimate of drug-likeness (QED) is 0.649. The minimum Gasteiger partial charge on any atom is -0.496 e. The van der Waals surface area contributed by atoms with Crippen molar-refractivity contribution in [1.29, 1.82) is 0 Å². The van der Waals surface area contributed by atoms with Crippen molar-refractivity contribution in [1.82, 2.24) is 15.3 Å². The van der Waals surface area contributed by atoms with Crippen molar-refractivity contribution in [3.8, 4) is 5.75 Å². The Hall–Kier alpha value is -2.32. The predicted octanol–water partition coefficient (Wildman–Crippen LogP) is 2.85. The summed E-state index contributed by atoms with van der Waals surface area (Å²) in [6, 6.07) is 9.41. The van der Waals surface area contributed by atoms with Gasteiger partial charge < -0.3 is 15.0 Å². The van der Waals surface area contributed by atoms with Gasteiger partial charge in [-0.3, -0.25) is 9.59 Å². The summed E-state index contributed by atoms with van der Waals surface area (Å²) in [5, 5.41) is 3.50. The Morgan fingerprint density at radius 3 is 3.00 bits per heavy atom. The molecule has 0 aliphatic carbocycles. The summed E-state index contributed by atoms with van der Waals surface area (Å²) >= 11 is 2.91. The van der Waals surface area contributed by atoms with Gasteiger partial charge in [0, 0.05) is 17.0 Å². The maximum Gasteiger partial charge on any atom is 0.259 e. The summed E-state index contributed by atoms with van der Waals surface area (Å²) in [5.41, 5.74) is 0.799. The van der Waals surface area contributed by atoms with E-state index >= 15 is 0 Å². The molecular formula is C18H19N3O3S2. The number of carbonyl (C=O) groups excluding carboxylic acids is 1. The molecule has 0 spiro atoms. The lowest BCUT2D eigenvalue weighted by Gasteiger charge is -2.09. The van der Waals surface area contributed by atoms with E-state index in [1.54, 1.807) is 7.11 Å². The summed E-state index contributed by atoms with van der Waals surface area (Å²) in [4.78, 5) is 33.1. The van der Waals surface area contributed by atoms with Crippen LogP contribution in [0.25, 0.3) is 10.2 Å². The lowest BCUT2D eigenvalue weighted by molar-refractivity contribution is -0.118. The standard InChI is InChI=1S/C18H19N3O3S2/c1-11-7-13-17(23)20-15(21-18(13)26-11)9-25-10-16(22)19-8-12-5-3-4-6-14(12)24-2/h3-7H,8-10H2,1-2H3,(H,19,22)(H,20,21,23). The Labute approximate surface area is 159 Å². The van der Waals surface area contributed by atoms with Crippen LogP contribution in [0.1, 0.15) is 16.3 Å². The molecule has 2 heterocycles. The molecule has 0 aliphatic heterocycles. The molecule has 3 rings (SSSR count). The van der Waals surface area contributed by atoms with Crippen molar-refractivity contribution >= 4 is 39.2 Å². The minimum absolute atomic E-state index is 0.0729. The predicted molar refractivity (Wildman–Crippen MR) is 106 cm³/mol. The van der Waals surface area contributed by atoms with Gasteiger partial charge in [0.25, 0.3) is 5.56 Å². The van der Waals surface area contributed by atoms with E-state index < -0.39 is 0 Å². The number of aromatic amines is 1. The topological polar surface area (TPSA) is 84.1 Å². The molecule has 8 heteroatoms. The number of thioether (sulfide) groups is 1. The van der Waals surface area contributed by atoms with E-state index in [-0.39, 0.29) is 11.5 Å². The number of carbonyl (C=O) groups is 1. The van der Waals surface area contributed by atoms with Crippen LogP contribution in [0.4, 0.5) is 0 Å². The van der Waals surface area contributed by atoms with Gasteiger partial charge in [-0.15, -0.1) is 23.1 Å². The highest BCUT2D eigenvalue weighted by Gasteiger charge is 2.09. The minimum atomic E-state index is -0.129. The molecule has 1 aromatic carbocycles. The van der Waals surface area contributed by atoms with Gasteiger partial charge in [0.2, 0.25) is 5.91 Å². The Bertz CT molecular complexity index is 981. The first kappa shape index (κ1) is 18.5. The second-order valence-corrected chi connectivity index (χ2v) is 7.89. The second kappa shape index (κ2) is 8.37. The number of methoxy groups -OCH3 is 1. The Morgan fingerprint density at radius 1 is 1.38 bits per heavy atom. The Kier molecular flexibility index (Phi) is 5.95. The highest BCUT2D eigenvalue weighted by molar-refractivity contribution is 7.99. The highest BCUT2D eigenvalue weighted by Crippen LogP contribution is 2.21. The molecule has 26 heavy (non-hydrogen) atoms. The number of rotatable bonds is 7. The number of aromatic nitrogens is 2. The van der Waals surface area contributed by atoms with E-state index in [1.165, 1.54) is 23.1 Å². The van der Waals surface area contributed by atoms with Crippen molar-refractivity contribution in [2.75, 3.05) is 12.9 Å². The van der Waals surface area contributed by atoms with Gasteiger partial charge >= 0.3 is 0 Å². The van der Waals surface area contributed by atoms with Gasteiger partial charge in [0.1, 0.15) is 16.4 Å². The molecule has 0 bridgehead atoms. The normalized spacial score (nSPS) is 10.8. The van der Waals surface area contributed by atoms with Crippen LogP contribution in [0.2, 0.25) is 0 Å². The highest BCUT2D eigenvalue weighted by atomic mass is 32.2. The average molecular weight is 390 g/mol. The molecule has 2 aromatic heterocycles. The van der Waals surface area contributed by atoms with E-state index in [9.17, 15) is 9.59 Å². The first-order valence-electron chi connectivity index (χ1n) is 8.02. The molecule has 136 valence electrons. The van der Waals surface area contributed by atoms with Crippen LogP contribution < -0.4 is 15.6 Å². The first-order chi connectivity index (χ1) is 12.6. The lowest BCUT2D eigenvalue weighted by atomic mass is 10.2. The van der Waals surface area contributed by atoms with Gasteiger partial charge in [-0.05, 0) is 19.1 Å². The number of ether oxygens (including phenoxy) is 1. The second-order valence-electron chi connectivity index (χ2n) is 5.67. The van der Waals surface area contributed by atoms with Crippen molar-refractivity contribution in [3.05, 3.63) is 57.0 Å². The van der Waals surface area contributed by atoms with Gasteiger partial charge in [0.15, 0.2) is 0 Å². The number of thiophene rings is 1. The molecule has 2 N–H and O–H groups in total. The van der Waals surface area contributed by atoms with E-state index in [0.29, 0.717) is 29.3 Å². The number of amides is 1. The monoisotopic (exact) mass is 389 g/mol. The third-order valence-electron chi connectivity index (χ3n) is 3.72. The summed E-state index contributed by atoms with van der Waals surface area (Å²) in [5.74, 6) is 2.04. The van der Waals surface area contributed by atoms with Crippen LogP contribution in [-0.2, 0) is 17.1 Å². The van der Waals surface area contributed by atoms with Crippen molar-refractivity contribution in [2.45, 2.75) is 19.2 Å². The zero-order valence-corrected chi connectivity index (χ0v) is 16.1. The molecule has 0 unspecified atom stereocenters. The van der Waals surface area contributed by atoms with Gasteiger partial charge in [-0.25, -0.2) is 4.98 Å². The zero-order chi connectivity index (χ0) is 18.5. The number of benzene rings is 1. The number of fused-ring (bicyclic) bond motifs is 1. The fraction of sp³-hybridized carbons (Fsp3) is 0.278. The van der Waals surface area contributed by atoms with Gasteiger partial charge in [-0.2, -0.15) is 0 Å². The molecule has 6 nitrogen and oxygen atoms in total. The van der Waals surface area contributed by atoms with E-state index in [0.717, 1.165) is 21.0 Å². The number of aryl methyl sites for hydroxylation is 1. The van der Waals surface area contributed by atoms with Crippen LogP contribution >= 0.6 is 23.1 Å². The third-order valence-corrected chi connectivity index (χ3v) is 5.60. The Morgan fingerprint density at radius 2 is 2.19 bits per heavy atom. The molecule has 0 aliphatic rings. The summed E-state index contributed by atoms with van der Waals surface area (Å²) < 4.78 is 5.27. The van der Waals surface area contributed by atoms with Crippen LogP contribution in [0.5, 0.6) is 5.75 Å². The van der Waals surface area contributed by atoms with Crippen molar-refractivity contribution in [2.24, 2.45) is 0 Å². The average Bonchev–Trinajstić information content (AvgIpc) is 3.01. The smallest absolute Gasteiger partial charge is 0.259 e. The van der Waals surface area contributed by atoms with Crippen molar-refractivity contribution < 1.29 is 9.53 Å². The van der Waals surface area contributed by atoms with E-state index in [2.05, 4.69) is 15.3 Å². The third kappa shape index (κ3) is 4.44. The summed E-state index contributed by atoms with van der Waals surface area (Å²) in [7, 11) is 1.61. The number of nitrogens with one attached hydrogen (secondary N) is 2. The van der Waals surface area contributed by atoms with Crippen LogP contribution in [-0.4, -0.2) is 28.7 Å². The fourth-order valence-electron chi connectivity index (χ4n) is 2.50. The summed E-state index contributed by atoms with van der Waals surface area (Å²) in [6.07, 6.45) is 0. The zero-order valence-electron chi connectivity index (χ0n) is 14.5. The van der Waals surface area contributed by atoms with Crippen molar-refractivity contribution in [3.63, 3.8) is 0 Å². The maximum atomic E-state index is 12.0. The Balaban J connectivity index is 1.51. The molecular weight excluding hydrogens is 370 g/mol. The molecule has 1 amide bonds. The summed E-state index contributed by atoms with van der Waals surface area (Å²) in [6.45, 7) is 2.37. The molecule has 0 fully saturated rings. The van der Waals surface area contributed by atoms with Crippen LogP contribution in [0.3, 0.4) is 0 Å². The molecule has 0 saturated heterocycles.